The lowest BCUT2D eigenvalue weighted by Crippen LogP contribution is -2.07. The Balaban J connectivity index is 2.45. The topological polar surface area (TPSA) is 34.9 Å². The van der Waals surface area contributed by atoms with Crippen molar-refractivity contribution in [2.24, 2.45) is 0 Å². The van der Waals surface area contributed by atoms with Crippen molar-refractivity contribution < 1.29 is 8.60 Å². The average Bonchev–Trinajstić information content (AvgIpc) is 2.68. The lowest BCUT2D eigenvalue weighted by atomic mass is 10.2. The fraction of sp³-hybridized carbons (Fsp3) is 0.500. The van der Waals surface area contributed by atoms with E-state index in [1.54, 1.807) is 19.2 Å². The molecule has 2 atom stereocenters. The highest BCUT2D eigenvalue weighted by molar-refractivity contribution is 7.84. The summed E-state index contributed by atoms with van der Waals surface area (Å²) in [5, 5.41) is -0.252. The van der Waals surface area contributed by atoms with Crippen LogP contribution in [0.25, 0.3) is 11.0 Å². The van der Waals surface area contributed by atoms with Crippen LogP contribution in [-0.4, -0.2) is 25.8 Å². The fourth-order valence-electron chi connectivity index (χ4n) is 2.23. The summed E-state index contributed by atoms with van der Waals surface area (Å²) in [7, 11) is -0.813. The highest BCUT2D eigenvalue weighted by atomic mass is 35.5. The van der Waals surface area contributed by atoms with Crippen LogP contribution in [0.4, 0.5) is 4.39 Å². The molecule has 0 amide bonds. The maximum atomic E-state index is 13.6. The minimum Gasteiger partial charge on any atom is -0.327 e. The number of alkyl halides is 1. The van der Waals surface area contributed by atoms with E-state index in [2.05, 4.69) is 4.98 Å². The first-order chi connectivity index (χ1) is 9.40. The molecule has 0 bridgehead atoms. The van der Waals surface area contributed by atoms with E-state index in [-0.39, 0.29) is 11.2 Å². The molecule has 2 rings (SSSR count). The van der Waals surface area contributed by atoms with E-state index in [4.69, 9.17) is 11.6 Å². The van der Waals surface area contributed by atoms with Crippen LogP contribution in [0.5, 0.6) is 0 Å². The highest BCUT2D eigenvalue weighted by Gasteiger charge is 2.16. The molecule has 0 aliphatic heterocycles. The van der Waals surface area contributed by atoms with Crippen molar-refractivity contribution in [2.75, 3.05) is 12.0 Å². The number of aromatic nitrogens is 2. The van der Waals surface area contributed by atoms with Gasteiger partial charge in [0.2, 0.25) is 0 Å². The SMILES string of the molecule is Cc1cc2c(cc1F)nc(C(C)Cl)n2CCCS(C)=O. The molecular formula is C14H18ClFN2OS. The molecule has 0 N–H and O–H groups in total. The second kappa shape index (κ2) is 6.22. The molecule has 1 aromatic carbocycles. The Morgan fingerprint density at radius 1 is 1.50 bits per heavy atom. The first-order valence-corrected chi connectivity index (χ1v) is 8.67. The summed E-state index contributed by atoms with van der Waals surface area (Å²) in [6.45, 7) is 4.27. The van der Waals surface area contributed by atoms with Crippen LogP contribution in [0.15, 0.2) is 12.1 Å². The van der Waals surface area contributed by atoms with Gasteiger partial charge in [-0.1, -0.05) is 0 Å². The predicted octanol–water partition coefficient (Wildman–Crippen LogP) is 3.55. The molecule has 2 aromatic rings. The number of aryl methyl sites for hydroxylation is 2. The Hall–Kier alpha value is -0.940. The summed E-state index contributed by atoms with van der Waals surface area (Å²) in [4.78, 5) is 4.43. The second-order valence-corrected chi connectivity index (χ2v) is 7.17. The van der Waals surface area contributed by atoms with Crippen LogP contribution in [-0.2, 0) is 17.3 Å². The Morgan fingerprint density at radius 2 is 2.20 bits per heavy atom. The van der Waals surface area contributed by atoms with Crippen LogP contribution < -0.4 is 0 Å². The molecule has 20 heavy (non-hydrogen) atoms. The van der Waals surface area contributed by atoms with Gasteiger partial charge >= 0.3 is 0 Å². The highest BCUT2D eigenvalue weighted by Crippen LogP contribution is 2.26. The van der Waals surface area contributed by atoms with E-state index in [1.165, 1.54) is 6.07 Å². The van der Waals surface area contributed by atoms with E-state index in [0.717, 1.165) is 17.8 Å². The molecule has 1 heterocycles. The molecular weight excluding hydrogens is 299 g/mol. The molecule has 6 heteroatoms. The van der Waals surface area contributed by atoms with Crippen molar-refractivity contribution in [3.05, 3.63) is 29.3 Å². The standard InChI is InChI=1S/C14H18ClFN2OS/c1-9-7-13-12(8-11(9)16)17-14(10(2)15)18(13)5-4-6-20(3)19/h7-8,10H,4-6H2,1-3H3. The summed E-state index contributed by atoms with van der Waals surface area (Å²) in [6.07, 6.45) is 2.47. The molecule has 110 valence electrons. The third-order valence-corrected chi connectivity index (χ3v) is 4.29. The zero-order valence-electron chi connectivity index (χ0n) is 11.8. The molecule has 3 nitrogen and oxygen atoms in total. The Morgan fingerprint density at radius 3 is 2.80 bits per heavy atom. The minimum atomic E-state index is -0.813. The van der Waals surface area contributed by atoms with E-state index in [1.807, 2.05) is 11.5 Å². The molecule has 0 spiro atoms. The number of fused-ring (bicyclic) bond motifs is 1. The number of benzene rings is 1. The maximum absolute atomic E-state index is 13.6. The fourth-order valence-corrected chi connectivity index (χ4v) is 2.94. The summed E-state index contributed by atoms with van der Waals surface area (Å²) >= 11 is 6.16. The van der Waals surface area contributed by atoms with E-state index in [9.17, 15) is 8.60 Å². The van der Waals surface area contributed by atoms with Crippen LogP contribution >= 0.6 is 11.6 Å². The van der Waals surface area contributed by atoms with Crippen molar-refractivity contribution in [1.82, 2.24) is 9.55 Å². The largest absolute Gasteiger partial charge is 0.327 e. The van der Waals surface area contributed by atoms with Crippen LogP contribution in [0, 0.1) is 12.7 Å². The number of hydrogen-bond donors (Lipinski definition) is 0. The van der Waals surface area contributed by atoms with E-state index in [0.29, 0.717) is 23.4 Å². The van der Waals surface area contributed by atoms with Crippen molar-refractivity contribution in [2.45, 2.75) is 32.2 Å². The average molecular weight is 317 g/mol. The third kappa shape index (κ3) is 3.20. The Labute approximate surface area is 125 Å². The summed E-state index contributed by atoms with van der Waals surface area (Å²) < 4.78 is 26.8. The number of halogens is 2. The number of rotatable bonds is 5. The molecule has 0 aliphatic rings. The smallest absolute Gasteiger partial charge is 0.128 e. The number of nitrogens with zero attached hydrogens (tertiary/aromatic N) is 2. The molecule has 0 aliphatic carbocycles. The van der Waals surface area contributed by atoms with Gasteiger partial charge in [0.05, 0.1) is 16.4 Å². The second-order valence-electron chi connectivity index (χ2n) is 4.96. The van der Waals surface area contributed by atoms with Gasteiger partial charge in [-0.15, -0.1) is 11.6 Å². The van der Waals surface area contributed by atoms with Crippen molar-refractivity contribution in [3.63, 3.8) is 0 Å². The van der Waals surface area contributed by atoms with Crippen LogP contribution in [0.2, 0.25) is 0 Å². The molecule has 0 saturated heterocycles. The van der Waals surface area contributed by atoms with E-state index < -0.39 is 10.8 Å². The van der Waals surface area contributed by atoms with Gasteiger partial charge < -0.3 is 4.57 Å². The molecule has 2 unspecified atom stereocenters. The normalized spacial score (nSPS) is 14.7. The lowest BCUT2D eigenvalue weighted by Gasteiger charge is -2.10. The quantitative estimate of drug-likeness (QED) is 0.791. The molecule has 1 aromatic heterocycles. The van der Waals surface area contributed by atoms with E-state index >= 15 is 0 Å². The van der Waals surface area contributed by atoms with Gasteiger partial charge in [-0.25, -0.2) is 9.37 Å². The zero-order chi connectivity index (χ0) is 14.9. The lowest BCUT2D eigenvalue weighted by molar-refractivity contribution is 0.619. The van der Waals surface area contributed by atoms with Crippen molar-refractivity contribution in [1.29, 1.82) is 0 Å². The van der Waals surface area contributed by atoms with Gasteiger partial charge in [0.25, 0.3) is 0 Å². The summed E-state index contributed by atoms with van der Waals surface area (Å²) in [5.41, 5.74) is 2.09. The van der Waals surface area contributed by atoms with Gasteiger partial charge in [-0.2, -0.15) is 0 Å². The molecule has 0 radical (unpaired) electrons. The monoisotopic (exact) mass is 316 g/mol. The van der Waals surface area contributed by atoms with Gasteiger partial charge in [0.1, 0.15) is 11.6 Å². The van der Waals surface area contributed by atoms with Gasteiger partial charge in [0.15, 0.2) is 0 Å². The van der Waals surface area contributed by atoms with Crippen LogP contribution in [0.3, 0.4) is 0 Å². The summed E-state index contributed by atoms with van der Waals surface area (Å²) in [6, 6.07) is 3.24. The summed E-state index contributed by atoms with van der Waals surface area (Å²) in [5.74, 6) is 1.11. The van der Waals surface area contributed by atoms with Crippen LogP contribution in [0.1, 0.15) is 30.1 Å². The maximum Gasteiger partial charge on any atom is 0.128 e. The Bertz CT molecular complexity index is 654. The first kappa shape index (κ1) is 15.4. The predicted molar refractivity (Wildman–Crippen MR) is 82.2 cm³/mol. The number of hydrogen-bond acceptors (Lipinski definition) is 2. The molecule has 0 fully saturated rings. The number of imidazole rings is 1. The first-order valence-electron chi connectivity index (χ1n) is 6.50. The van der Waals surface area contributed by atoms with Gasteiger partial charge in [0, 0.05) is 35.4 Å². The van der Waals surface area contributed by atoms with Gasteiger partial charge in [-0.05, 0) is 31.9 Å². The molecule has 0 saturated carbocycles. The third-order valence-electron chi connectivity index (χ3n) is 3.23. The zero-order valence-corrected chi connectivity index (χ0v) is 13.4. The van der Waals surface area contributed by atoms with Gasteiger partial charge in [-0.3, -0.25) is 4.21 Å². The Kier molecular flexibility index (Phi) is 4.81. The minimum absolute atomic E-state index is 0.252. The van der Waals surface area contributed by atoms with Crippen molar-refractivity contribution in [3.8, 4) is 0 Å². The van der Waals surface area contributed by atoms with Crippen molar-refractivity contribution >= 4 is 33.4 Å².